The third kappa shape index (κ3) is 5.36. The van der Waals surface area contributed by atoms with E-state index in [0.717, 1.165) is 6.07 Å². The lowest BCUT2D eigenvalue weighted by atomic mass is 9.64. The van der Waals surface area contributed by atoms with Gasteiger partial charge in [0.15, 0.2) is 6.29 Å². The van der Waals surface area contributed by atoms with Crippen molar-refractivity contribution < 1.29 is 31.8 Å². The first-order valence-electron chi connectivity index (χ1n) is 13.0. The summed E-state index contributed by atoms with van der Waals surface area (Å²) in [7, 11) is 0. The van der Waals surface area contributed by atoms with E-state index in [4.69, 9.17) is 9.47 Å². The van der Waals surface area contributed by atoms with Crippen molar-refractivity contribution in [2.75, 3.05) is 18.5 Å². The second-order valence-corrected chi connectivity index (χ2v) is 10.6. The number of ether oxygens (including phenoxy) is 2. The molecule has 7 nitrogen and oxygen atoms in total. The van der Waals surface area contributed by atoms with Crippen LogP contribution in [0.3, 0.4) is 0 Å². The summed E-state index contributed by atoms with van der Waals surface area (Å²) in [6.07, 6.45) is -0.714. The number of nitrogens with one attached hydrogen (secondary N) is 2. The molecule has 38 heavy (non-hydrogen) atoms. The smallest absolute Gasteiger partial charge is 0.266 e. The van der Waals surface area contributed by atoms with Crippen LogP contribution in [0.1, 0.15) is 92.4 Å². The number of carbonyl (C=O) groups is 1. The van der Waals surface area contributed by atoms with E-state index in [1.807, 2.05) is 0 Å². The molecule has 6 rings (SSSR count). The summed E-state index contributed by atoms with van der Waals surface area (Å²) in [5, 5.41) is 6.25. The average molecular weight is 537 g/mol. The lowest BCUT2D eigenvalue weighted by Crippen LogP contribution is -2.57. The fraction of sp³-hybridized carbons (Fsp3) is 0.593. The van der Waals surface area contributed by atoms with E-state index < -0.39 is 41.3 Å². The van der Waals surface area contributed by atoms with Gasteiger partial charge in [-0.1, -0.05) is 18.2 Å². The molecule has 2 bridgehead atoms. The molecule has 2 N–H and O–H groups in total. The maximum Gasteiger partial charge on any atom is 0.266 e. The fourth-order valence-corrected chi connectivity index (χ4v) is 5.83. The Bertz CT molecular complexity index is 1180. The molecule has 0 spiro atoms. The van der Waals surface area contributed by atoms with E-state index in [1.54, 1.807) is 13.8 Å². The summed E-state index contributed by atoms with van der Waals surface area (Å²) in [5.74, 6) is -0.594. The van der Waals surface area contributed by atoms with Gasteiger partial charge < -0.3 is 20.1 Å². The number of nitrogens with zero attached hydrogens (tertiary/aromatic N) is 2. The number of hydrogen-bond donors (Lipinski definition) is 2. The number of anilines is 1. The van der Waals surface area contributed by atoms with Gasteiger partial charge in [0.1, 0.15) is 23.1 Å². The molecule has 0 radical (unpaired) electrons. The molecule has 11 heteroatoms. The molecule has 4 fully saturated rings. The van der Waals surface area contributed by atoms with Gasteiger partial charge in [-0.25, -0.2) is 27.5 Å². The molecule has 206 valence electrons. The van der Waals surface area contributed by atoms with E-state index in [1.165, 1.54) is 12.1 Å². The monoisotopic (exact) mass is 536 g/mol. The molecule has 2 heterocycles. The Morgan fingerprint density at radius 3 is 2.34 bits per heavy atom. The van der Waals surface area contributed by atoms with E-state index in [0.29, 0.717) is 68.8 Å². The minimum Gasteiger partial charge on any atom is -0.363 e. The Morgan fingerprint density at radius 2 is 1.71 bits per heavy atom. The summed E-state index contributed by atoms with van der Waals surface area (Å²) < 4.78 is 67.4. The Morgan fingerprint density at radius 1 is 1.08 bits per heavy atom. The molecule has 2 aromatic rings. The van der Waals surface area contributed by atoms with Gasteiger partial charge >= 0.3 is 0 Å². The SMILES string of the molecule is Cc1nc(CC(=O)NC23CCC(F)(CC2)CC3)c(C2OCCO2)c(N[C@H](C)c2cccc(C(F)F)c2F)n1. The first kappa shape index (κ1) is 26.8. The summed E-state index contributed by atoms with van der Waals surface area (Å²) in [4.78, 5) is 22.2. The second-order valence-electron chi connectivity index (χ2n) is 10.6. The van der Waals surface area contributed by atoms with Crippen LogP contribution in [0.5, 0.6) is 0 Å². The summed E-state index contributed by atoms with van der Waals surface area (Å²) in [6, 6.07) is 3.13. The highest BCUT2D eigenvalue weighted by atomic mass is 19.3. The number of fused-ring (bicyclic) bond motifs is 3. The Hall–Kier alpha value is -2.79. The van der Waals surface area contributed by atoms with Gasteiger partial charge in [0.25, 0.3) is 6.43 Å². The number of carbonyl (C=O) groups excluding carboxylic acids is 1. The van der Waals surface area contributed by atoms with Gasteiger partial charge in [0.2, 0.25) is 5.91 Å². The largest absolute Gasteiger partial charge is 0.363 e. The highest BCUT2D eigenvalue weighted by Gasteiger charge is 2.49. The molecular weight excluding hydrogens is 504 g/mol. The molecule has 1 saturated heterocycles. The molecule has 1 atom stereocenters. The van der Waals surface area contributed by atoms with Crippen LogP contribution in [0.2, 0.25) is 0 Å². The minimum atomic E-state index is -2.95. The van der Waals surface area contributed by atoms with Crippen LogP contribution >= 0.6 is 0 Å². The third-order valence-electron chi connectivity index (χ3n) is 7.99. The maximum atomic E-state index is 14.8. The van der Waals surface area contributed by atoms with E-state index >= 15 is 0 Å². The van der Waals surface area contributed by atoms with Gasteiger partial charge in [-0.15, -0.1) is 0 Å². The van der Waals surface area contributed by atoms with Gasteiger partial charge in [0.05, 0.1) is 42.5 Å². The second kappa shape index (κ2) is 10.4. The molecule has 3 aliphatic carbocycles. The van der Waals surface area contributed by atoms with Crippen LogP contribution in [0.15, 0.2) is 18.2 Å². The van der Waals surface area contributed by atoms with Crippen molar-refractivity contribution in [3.8, 4) is 0 Å². The number of rotatable bonds is 8. The standard InChI is InChI=1S/C27H32F4N4O3/c1-15(17-4-3-5-18(22(17)28)23(29)30)32-24-21(25-37-12-13-38-25)19(33-16(2)34-24)14-20(36)35-27-9-6-26(31,7-10-27)8-11-27/h3-5,15,23,25H,6-14H2,1-2H3,(H,35,36)(H,32,33,34)/t15-,26?,27?/m1/s1. The molecule has 1 aromatic heterocycles. The first-order chi connectivity index (χ1) is 18.1. The third-order valence-corrected chi connectivity index (χ3v) is 7.99. The zero-order chi connectivity index (χ0) is 27.1. The first-order valence-corrected chi connectivity index (χ1v) is 13.0. The van der Waals surface area contributed by atoms with Crippen molar-refractivity contribution in [2.45, 2.75) is 88.8 Å². The van der Waals surface area contributed by atoms with Crippen molar-refractivity contribution >= 4 is 11.7 Å². The zero-order valence-corrected chi connectivity index (χ0v) is 21.5. The van der Waals surface area contributed by atoms with E-state index in [9.17, 15) is 22.4 Å². The highest BCUT2D eigenvalue weighted by Crippen LogP contribution is 2.49. The van der Waals surface area contributed by atoms with Crippen LogP contribution < -0.4 is 10.6 Å². The Kier molecular flexibility index (Phi) is 7.34. The van der Waals surface area contributed by atoms with Gasteiger partial charge in [-0.3, -0.25) is 4.79 Å². The van der Waals surface area contributed by atoms with Crippen LogP contribution in [-0.4, -0.2) is 40.3 Å². The predicted octanol–water partition coefficient (Wildman–Crippen LogP) is 5.55. The van der Waals surface area contributed by atoms with Crippen molar-refractivity contribution in [1.29, 1.82) is 0 Å². The summed E-state index contributed by atoms with van der Waals surface area (Å²) in [5.41, 5.74) is -1.34. The predicted molar refractivity (Wildman–Crippen MR) is 131 cm³/mol. The molecule has 0 unspecified atom stereocenters. The highest BCUT2D eigenvalue weighted by molar-refractivity contribution is 5.80. The van der Waals surface area contributed by atoms with Crippen molar-refractivity contribution in [3.63, 3.8) is 0 Å². The number of amides is 1. The minimum absolute atomic E-state index is 0.0511. The number of aromatic nitrogens is 2. The average Bonchev–Trinajstić information content (AvgIpc) is 3.39. The number of aryl methyl sites for hydroxylation is 1. The van der Waals surface area contributed by atoms with Gasteiger partial charge in [-0.2, -0.15) is 0 Å². The topological polar surface area (TPSA) is 85.4 Å². The van der Waals surface area contributed by atoms with Crippen molar-refractivity contribution in [3.05, 3.63) is 52.2 Å². The van der Waals surface area contributed by atoms with Crippen LogP contribution in [0.4, 0.5) is 23.4 Å². The number of hydrogen-bond acceptors (Lipinski definition) is 6. The summed E-state index contributed by atoms with van der Waals surface area (Å²) >= 11 is 0. The van der Waals surface area contributed by atoms with Crippen LogP contribution in [-0.2, 0) is 20.7 Å². The zero-order valence-electron chi connectivity index (χ0n) is 21.5. The van der Waals surface area contributed by atoms with E-state index in [-0.39, 0.29) is 23.7 Å². The molecule has 1 aliphatic heterocycles. The Balaban J connectivity index is 1.41. The van der Waals surface area contributed by atoms with Crippen LogP contribution in [0.25, 0.3) is 0 Å². The molecule has 1 amide bonds. The van der Waals surface area contributed by atoms with Crippen molar-refractivity contribution in [1.82, 2.24) is 15.3 Å². The van der Waals surface area contributed by atoms with Crippen molar-refractivity contribution in [2.24, 2.45) is 0 Å². The molecule has 4 aliphatic rings. The lowest BCUT2D eigenvalue weighted by molar-refractivity contribution is -0.125. The Labute approximate surface area is 218 Å². The molecule has 3 saturated carbocycles. The number of alkyl halides is 3. The number of benzene rings is 1. The lowest BCUT2D eigenvalue weighted by Gasteiger charge is -2.50. The molecular formula is C27H32F4N4O3. The number of halogens is 4. The summed E-state index contributed by atoms with van der Waals surface area (Å²) in [6.45, 7) is 3.96. The quantitative estimate of drug-likeness (QED) is 0.430. The normalized spacial score (nSPS) is 26.1. The van der Waals surface area contributed by atoms with E-state index in [2.05, 4.69) is 20.6 Å². The molecule has 1 aromatic carbocycles. The van der Waals surface area contributed by atoms with Gasteiger partial charge in [-0.05, 0) is 52.4 Å². The van der Waals surface area contributed by atoms with Crippen LogP contribution in [0, 0.1) is 12.7 Å². The fourth-order valence-electron chi connectivity index (χ4n) is 5.83. The maximum absolute atomic E-state index is 14.8. The van der Waals surface area contributed by atoms with Gasteiger partial charge in [0, 0.05) is 11.1 Å².